The molecule has 0 unspecified atom stereocenters. The summed E-state index contributed by atoms with van der Waals surface area (Å²) in [6, 6.07) is 15.4. The molecule has 4 rings (SSSR count). The number of carbonyl (C=O) groups is 1. The highest BCUT2D eigenvalue weighted by Gasteiger charge is 2.22. The van der Waals surface area contributed by atoms with Crippen LogP contribution >= 0.6 is 11.6 Å². The van der Waals surface area contributed by atoms with Crippen LogP contribution in [-0.4, -0.2) is 20.7 Å². The van der Waals surface area contributed by atoms with Gasteiger partial charge in [-0.2, -0.15) is 5.10 Å². The topological polar surface area (TPSA) is 70.2 Å². The molecule has 0 saturated carbocycles. The third kappa shape index (κ3) is 3.64. The van der Waals surface area contributed by atoms with Crippen molar-refractivity contribution in [3.8, 4) is 0 Å². The Kier molecular flexibility index (Phi) is 4.88. The van der Waals surface area contributed by atoms with E-state index in [1.54, 1.807) is 11.6 Å². The molecular formula is C21H18ClN3O3. The number of para-hydroxylation sites is 2. The molecule has 2 heterocycles. The van der Waals surface area contributed by atoms with Crippen molar-refractivity contribution in [3.05, 3.63) is 82.0 Å². The van der Waals surface area contributed by atoms with Crippen LogP contribution in [0.25, 0.3) is 11.1 Å². The van der Waals surface area contributed by atoms with Gasteiger partial charge in [0.25, 0.3) is 0 Å². The van der Waals surface area contributed by atoms with Gasteiger partial charge in [-0.3, -0.25) is 0 Å². The van der Waals surface area contributed by atoms with E-state index in [1.165, 1.54) is 5.56 Å². The maximum atomic E-state index is 12.6. The molecule has 7 heteroatoms. The molecule has 0 aliphatic carbocycles. The van der Waals surface area contributed by atoms with E-state index >= 15 is 0 Å². The normalized spacial score (nSPS) is 11.1. The number of esters is 1. The van der Waals surface area contributed by atoms with Crippen LogP contribution in [0.1, 0.15) is 33.1 Å². The van der Waals surface area contributed by atoms with Gasteiger partial charge in [0.15, 0.2) is 12.2 Å². The summed E-state index contributed by atoms with van der Waals surface area (Å²) in [6.45, 7) is 4.15. The second-order valence-corrected chi connectivity index (χ2v) is 6.90. The van der Waals surface area contributed by atoms with Crippen molar-refractivity contribution < 1.29 is 13.9 Å². The van der Waals surface area contributed by atoms with Gasteiger partial charge in [0.1, 0.15) is 16.2 Å². The molecule has 0 N–H and O–H groups in total. The van der Waals surface area contributed by atoms with Gasteiger partial charge in [-0.1, -0.05) is 53.6 Å². The number of rotatable bonds is 5. The average molecular weight is 396 g/mol. The quantitative estimate of drug-likeness (QED) is 0.458. The highest BCUT2D eigenvalue weighted by atomic mass is 35.5. The molecule has 28 heavy (non-hydrogen) atoms. The molecular weight excluding hydrogens is 378 g/mol. The molecule has 142 valence electrons. The molecule has 0 spiro atoms. The fourth-order valence-electron chi connectivity index (χ4n) is 2.94. The lowest BCUT2D eigenvalue weighted by molar-refractivity contribution is 0.0439. The highest BCUT2D eigenvalue weighted by Crippen LogP contribution is 2.23. The molecule has 2 aromatic heterocycles. The lowest BCUT2D eigenvalue weighted by atomic mass is 10.1. The van der Waals surface area contributed by atoms with Crippen LogP contribution in [0.3, 0.4) is 0 Å². The first-order valence-corrected chi connectivity index (χ1v) is 9.19. The molecule has 0 saturated heterocycles. The summed E-state index contributed by atoms with van der Waals surface area (Å²) < 4.78 is 12.5. The van der Waals surface area contributed by atoms with Gasteiger partial charge in [0, 0.05) is 0 Å². The monoisotopic (exact) mass is 395 g/mol. The minimum atomic E-state index is -0.556. The Morgan fingerprint density at radius 2 is 1.89 bits per heavy atom. The third-order valence-electron chi connectivity index (χ3n) is 4.39. The molecule has 0 fully saturated rings. The zero-order valence-electron chi connectivity index (χ0n) is 15.5. The van der Waals surface area contributed by atoms with E-state index in [0.29, 0.717) is 29.2 Å². The van der Waals surface area contributed by atoms with Gasteiger partial charge in [-0.25, -0.2) is 14.5 Å². The number of aryl methyl sites for hydroxylation is 2. The second-order valence-electron chi connectivity index (χ2n) is 6.55. The van der Waals surface area contributed by atoms with Crippen LogP contribution in [-0.2, 0) is 17.9 Å². The first-order chi connectivity index (χ1) is 13.5. The number of carbonyl (C=O) groups excluding carboxylic acids is 1. The van der Waals surface area contributed by atoms with Gasteiger partial charge < -0.3 is 9.15 Å². The molecule has 4 aromatic rings. The van der Waals surface area contributed by atoms with E-state index in [4.69, 9.17) is 20.8 Å². The minimum Gasteiger partial charge on any atom is -0.452 e. The van der Waals surface area contributed by atoms with E-state index in [2.05, 4.69) is 10.1 Å². The lowest BCUT2D eigenvalue weighted by Crippen LogP contribution is -2.07. The van der Waals surface area contributed by atoms with E-state index in [-0.39, 0.29) is 17.3 Å². The van der Waals surface area contributed by atoms with E-state index in [1.807, 2.05) is 55.5 Å². The zero-order valence-corrected chi connectivity index (χ0v) is 16.2. The van der Waals surface area contributed by atoms with Crippen LogP contribution in [0.5, 0.6) is 0 Å². The molecule has 6 nitrogen and oxygen atoms in total. The largest absolute Gasteiger partial charge is 0.452 e. The number of oxazole rings is 1. The number of ether oxygens (including phenoxy) is 1. The summed E-state index contributed by atoms with van der Waals surface area (Å²) in [5.41, 5.74) is 4.35. The second kappa shape index (κ2) is 7.48. The molecule has 0 aliphatic heterocycles. The van der Waals surface area contributed by atoms with Crippen molar-refractivity contribution in [3.63, 3.8) is 0 Å². The Hall–Kier alpha value is -3.12. The molecule has 0 bridgehead atoms. The molecule has 2 aromatic carbocycles. The SMILES string of the molecule is Cc1ccc(Cn2nc(C)c(C(=O)OCc3nc4ccccc4o3)c2Cl)cc1. The van der Waals surface area contributed by atoms with E-state index < -0.39 is 5.97 Å². The summed E-state index contributed by atoms with van der Waals surface area (Å²) in [6.07, 6.45) is 0. The Morgan fingerprint density at radius 1 is 1.14 bits per heavy atom. The van der Waals surface area contributed by atoms with Crippen molar-refractivity contribution in [2.24, 2.45) is 0 Å². The highest BCUT2D eigenvalue weighted by molar-refractivity contribution is 6.32. The van der Waals surface area contributed by atoms with E-state index in [9.17, 15) is 4.79 Å². The number of benzene rings is 2. The van der Waals surface area contributed by atoms with Crippen LogP contribution in [0.2, 0.25) is 5.15 Å². The summed E-state index contributed by atoms with van der Waals surface area (Å²) in [7, 11) is 0. The first-order valence-electron chi connectivity index (χ1n) is 8.81. The van der Waals surface area contributed by atoms with Gasteiger partial charge in [0.05, 0.1) is 12.2 Å². The fourth-order valence-corrected chi connectivity index (χ4v) is 3.25. The molecule has 0 atom stereocenters. The van der Waals surface area contributed by atoms with Gasteiger partial charge in [-0.05, 0) is 31.5 Å². The minimum absolute atomic E-state index is 0.0770. The van der Waals surface area contributed by atoms with Crippen molar-refractivity contribution in [1.82, 2.24) is 14.8 Å². The summed E-state index contributed by atoms with van der Waals surface area (Å²) in [4.78, 5) is 16.8. The van der Waals surface area contributed by atoms with Crippen LogP contribution in [0, 0.1) is 13.8 Å². The maximum absolute atomic E-state index is 12.6. The maximum Gasteiger partial charge on any atom is 0.343 e. The Bertz CT molecular complexity index is 1110. The average Bonchev–Trinajstić information content (AvgIpc) is 3.22. The summed E-state index contributed by atoms with van der Waals surface area (Å²) in [5, 5.41) is 4.63. The standard InChI is InChI=1S/C21H18ClN3O3/c1-13-7-9-15(10-8-13)11-25-20(22)19(14(2)24-25)21(26)27-12-18-23-16-5-3-4-6-17(16)28-18/h3-10H,11-12H2,1-2H3. The lowest BCUT2D eigenvalue weighted by Gasteiger charge is -2.05. The summed E-state index contributed by atoms with van der Waals surface area (Å²) >= 11 is 6.41. The van der Waals surface area contributed by atoms with E-state index in [0.717, 1.165) is 5.56 Å². The van der Waals surface area contributed by atoms with Gasteiger partial charge in [0.2, 0.25) is 5.89 Å². The van der Waals surface area contributed by atoms with Gasteiger partial charge >= 0.3 is 5.97 Å². The number of hydrogen-bond donors (Lipinski definition) is 0. The van der Waals surface area contributed by atoms with Crippen LogP contribution in [0.4, 0.5) is 0 Å². The van der Waals surface area contributed by atoms with Crippen molar-refractivity contribution in [2.45, 2.75) is 27.0 Å². The van der Waals surface area contributed by atoms with Crippen molar-refractivity contribution in [1.29, 1.82) is 0 Å². The number of aromatic nitrogens is 3. The first kappa shape index (κ1) is 18.3. The van der Waals surface area contributed by atoms with Crippen LogP contribution < -0.4 is 0 Å². The predicted octanol–water partition coefficient (Wildman–Crippen LogP) is 4.70. The smallest absolute Gasteiger partial charge is 0.343 e. The van der Waals surface area contributed by atoms with Crippen LogP contribution in [0.15, 0.2) is 52.9 Å². The van der Waals surface area contributed by atoms with Crippen molar-refractivity contribution in [2.75, 3.05) is 0 Å². The Balaban J connectivity index is 1.49. The number of halogens is 1. The fraction of sp³-hybridized carbons (Fsp3) is 0.190. The zero-order chi connectivity index (χ0) is 19.7. The molecule has 0 aliphatic rings. The number of hydrogen-bond acceptors (Lipinski definition) is 5. The summed E-state index contributed by atoms with van der Waals surface area (Å²) in [5.74, 6) is -0.227. The number of nitrogens with zero attached hydrogens (tertiary/aromatic N) is 3. The number of fused-ring (bicyclic) bond motifs is 1. The Morgan fingerprint density at radius 3 is 2.64 bits per heavy atom. The predicted molar refractivity (Wildman–Crippen MR) is 105 cm³/mol. The molecule has 0 amide bonds. The third-order valence-corrected chi connectivity index (χ3v) is 4.77. The van der Waals surface area contributed by atoms with Crippen molar-refractivity contribution >= 4 is 28.7 Å². The molecule has 0 radical (unpaired) electrons. The van der Waals surface area contributed by atoms with Gasteiger partial charge in [-0.15, -0.1) is 0 Å². The Labute approximate surface area is 166 Å².